The summed E-state index contributed by atoms with van der Waals surface area (Å²) in [6, 6.07) is 5.58. The van der Waals surface area contributed by atoms with Gasteiger partial charge in [0.05, 0.1) is 16.6 Å². The Hall–Kier alpha value is -1.88. The van der Waals surface area contributed by atoms with Gasteiger partial charge in [0.2, 0.25) is 0 Å². The molecule has 1 amide bonds. The zero-order valence-electron chi connectivity index (χ0n) is 12.9. The van der Waals surface area contributed by atoms with Crippen molar-refractivity contribution >= 4 is 16.9 Å². The third kappa shape index (κ3) is 1.81. The van der Waals surface area contributed by atoms with E-state index < -0.39 is 5.91 Å². The van der Waals surface area contributed by atoms with Crippen molar-refractivity contribution in [3.05, 3.63) is 29.6 Å². The van der Waals surface area contributed by atoms with Crippen LogP contribution in [0.25, 0.3) is 11.0 Å². The van der Waals surface area contributed by atoms with Gasteiger partial charge in [0, 0.05) is 6.54 Å². The number of nitrogens with one attached hydrogen (secondary N) is 1. The van der Waals surface area contributed by atoms with Crippen LogP contribution in [0.5, 0.6) is 0 Å². The first kappa shape index (κ1) is 13.8. The first-order valence-corrected chi connectivity index (χ1v) is 8.18. The number of H-pyrrole nitrogens is 1. The predicted molar refractivity (Wildman–Crippen MR) is 85.5 cm³/mol. The summed E-state index contributed by atoms with van der Waals surface area (Å²) in [6.07, 6.45) is 4.89. The monoisotopic (exact) mass is 298 g/mol. The first-order chi connectivity index (χ1) is 10.6. The van der Waals surface area contributed by atoms with Crippen LogP contribution in [0.3, 0.4) is 0 Å². The van der Waals surface area contributed by atoms with Crippen LogP contribution in [0.2, 0.25) is 0 Å². The molecule has 0 spiro atoms. The topological polar surface area (TPSA) is 75.0 Å². The van der Waals surface area contributed by atoms with E-state index in [2.05, 4.69) is 16.8 Å². The normalized spacial score (nSPS) is 28.3. The lowest BCUT2D eigenvalue weighted by Crippen LogP contribution is -2.42. The van der Waals surface area contributed by atoms with Crippen molar-refractivity contribution in [1.29, 1.82) is 0 Å². The molecule has 1 aromatic carbocycles. The Bertz CT molecular complexity index is 737. The van der Waals surface area contributed by atoms with E-state index in [4.69, 9.17) is 10.7 Å². The second-order valence-corrected chi connectivity index (χ2v) is 6.68. The SMILES string of the molecule is CCN1C[C@@H]2CCC[C@]1(c1nc3c(C(N)=O)cccc3[nH]1)C2. The van der Waals surface area contributed by atoms with Gasteiger partial charge in [-0.05, 0) is 43.9 Å². The molecule has 2 heterocycles. The van der Waals surface area contributed by atoms with Crippen LogP contribution < -0.4 is 5.73 Å². The largest absolute Gasteiger partial charge is 0.366 e. The molecule has 1 saturated heterocycles. The third-order valence-corrected chi connectivity index (χ3v) is 5.51. The number of nitrogens with zero attached hydrogens (tertiary/aromatic N) is 2. The Morgan fingerprint density at radius 1 is 1.55 bits per heavy atom. The van der Waals surface area contributed by atoms with Crippen molar-refractivity contribution in [2.75, 3.05) is 13.1 Å². The average Bonchev–Trinajstić information content (AvgIpc) is 3.06. The van der Waals surface area contributed by atoms with Gasteiger partial charge in [0.1, 0.15) is 11.3 Å². The van der Waals surface area contributed by atoms with Gasteiger partial charge in [0.15, 0.2) is 0 Å². The van der Waals surface area contributed by atoms with Crippen molar-refractivity contribution < 1.29 is 4.79 Å². The Balaban J connectivity index is 1.87. The molecule has 0 unspecified atom stereocenters. The maximum absolute atomic E-state index is 11.6. The van der Waals surface area contributed by atoms with Crippen LogP contribution in [0.1, 0.15) is 48.8 Å². The maximum Gasteiger partial charge on any atom is 0.250 e. The standard InChI is InChI=1S/C17H22N4O/c1-2-21-10-11-5-4-8-17(21,9-11)16-19-13-7-3-6-12(15(18)22)14(13)20-16/h3,6-7,11H,2,4-5,8-10H2,1H3,(H2,18,22)(H,19,20)/t11-,17-/m1/s1. The second-order valence-electron chi connectivity index (χ2n) is 6.68. The van der Waals surface area contributed by atoms with Crippen molar-refractivity contribution in [2.24, 2.45) is 11.7 Å². The Kier molecular flexibility index (Phi) is 3.01. The van der Waals surface area contributed by atoms with E-state index in [1.165, 1.54) is 19.3 Å². The molecule has 1 aromatic heterocycles. The summed E-state index contributed by atoms with van der Waals surface area (Å²) in [4.78, 5) is 22.5. The number of fused-ring (bicyclic) bond motifs is 3. The lowest BCUT2D eigenvalue weighted by Gasteiger charge is -2.37. The lowest BCUT2D eigenvalue weighted by atomic mass is 9.79. The van der Waals surface area contributed by atoms with Crippen molar-refractivity contribution in [3.8, 4) is 0 Å². The highest BCUT2D eigenvalue weighted by molar-refractivity contribution is 6.04. The van der Waals surface area contributed by atoms with E-state index in [-0.39, 0.29) is 5.54 Å². The van der Waals surface area contributed by atoms with Crippen LogP contribution in [0, 0.1) is 5.92 Å². The van der Waals surface area contributed by atoms with Gasteiger partial charge < -0.3 is 10.7 Å². The fraction of sp³-hybridized carbons (Fsp3) is 0.529. The minimum Gasteiger partial charge on any atom is -0.366 e. The molecular weight excluding hydrogens is 276 g/mol. The Morgan fingerprint density at radius 3 is 3.18 bits per heavy atom. The quantitative estimate of drug-likeness (QED) is 0.913. The van der Waals surface area contributed by atoms with Crippen LogP contribution >= 0.6 is 0 Å². The number of nitrogens with two attached hydrogens (primary N) is 1. The highest BCUT2D eigenvalue weighted by Crippen LogP contribution is 2.49. The molecule has 1 aliphatic heterocycles. The predicted octanol–water partition coefficient (Wildman–Crippen LogP) is 2.38. The number of carbonyl (C=O) groups excluding carboxylic acids is 1. The van der Waals surface area contributed by atoms with Crippen LogP contribution in [0.4, 0.5) is 0 Å². The van der Waals surface area contributed by atoms with Gasteiger partial charge in [0.25, 0.3) is 5.91 Å². The molecule has 2 atom stereocenters. The maximum atomic E-state index is 11.6. The second kappa shape index (κ2) is 4.81. The summed E-state index contributed by atoms with van der Waals surface area (Å²) in [5, 5.41) is 0. The summed E-state index contributed by atoms with van der Waals surface area (Å²) in [5.41, 5.74) is 7.64. The molecule has 1 aliphatic carbocycles. The molecule has 2 fully saturated rings. The third-order valence-electron chi connectivity index (χ3n) is 5.51. The van der Waals surface area contributed by atoms with Crippen LogP contribution in [0.15, 0.2) is 18.2 Å². The van der Waals surface area contributed by atoms with Crippen molar-refractivity contribution in [3.63, 3.8) is 0 Å². The van der Waals surface area contributed by atoms with E-state index >= 15 is 0 Å². The molecule has 5 heteroatoms. The van der Waals surface area contributed by atoms with Crippen molar-refractivity contribution in [1.82, 2.24) is 14.9 Å². The molecule has 2 aromatic rings. The fourth-order valence-electron chi connectivity index (χ4n) is 4.54. The van der Waals surface area contributed by atoms with E-state index in [9.17, 15) is 4.79 Å². The molecule has 116 valence electrons. The lowest BCUT2D eigenvalue weighted by molar-refractivity contribution is 0.100. The number of hydrogen-bond acceptors (Lipinski definition) is 3. The number of rotatable bonds is 3. The number of amides is 1. The molecule has 3 N–H and O–H groups in total. The van der Waals surface area contributed by atoms with Gasteiger partial charge in [-0.1, -0.05) is 19.4 Å². The number of likely N-dealkylation sites (tertiary alicyclic amines) is 1. The first-order valence-electron chi connectivity index (χ1n) is 8.18. The zero-order valence-corrected chi connectivity index (χ0v) is 12.9. The smallest absolute Gasteiger partial charge is 0.250 e. The van der Waals surface area contributed by atoms with E-state index in [1.807, 2.05) is 12.1 Å². The van der Waals surface area contributed by atoms with Gasteiger partial charge in [-0.25, -0.2) is 4.98 Å². The molecule has 22 heavy (non-hydrogen) atoms. The number of carbonyl (C=O) groups is 1. The minimum atomic E-state index is -0.415. The van der Waals surface area contributed by atoms with Crippen LogP contribution in [-0.2, 0) is 5.54 Å². The molecule has 2 bridgehead atoms. The average molecular weight is 298 g/mol. The molecule has 1 saturated carbocycles. The highest BCUT2D eigenvalue weighted by Gasteiger charge is 2.50. The molecule has 5 nitrogen and oxygen atoms in total. The summed E-state index contributed by atoms with van der Waals surface area (Å²) in [5.74, 6) is 1.37. The van der Waals surface area contributed by atoms with Gasteiger partial charge in [-0.15, -0.1) is 0 Å². The van der Waals surface area contributed by atoms with E-state index in [0.717, 1.165) is 36.8 Å². The Morgan fingerprint density at radius 2 is 2.41 bits per heavy atom. The number of hydrogen-bond donors (Lipinski definition) is 2. The van der Waals surface area contributed by atoms with E-state index in [0.29, 0.717) is 11.1 Å². The fourth-order valence-corrected chi connectivity index (χ4v) is 4.54. The van der Waals surface area contributed by atoms with E-state index in [1.54, 1.807) is 6.07 Å². The number of benzene rings is 1. The molecular formula is C17H22N4O. The van der Waals surface area contributed by atoms with Crippen LogP contribution in [-0.4, -0.2) is 33.9 Å². The number of para-hydroxylation sites is 1. The molecule has 0 radical (unpaired) electrons. The number of imidazole rings is 1. The van der Waals surface area contributed by atoms with Gasteiger partial charge >= 0.3 is 0 Å². The molecule has 2 aliphatic rings. The zero-order chi connectivity index (χ0) is 15.3. The van der Waals surface area contributed by atoms with Crippen molar-refractivity contribution in [2.45, 2.75) is 38.1 Å². The summed E-state index contributed by atoms with van der Waals surface area (Å²) < 4.78 is 0. The molecule has 4 rings (SSSR count). The van der Waals surface area contributed by atoms with Gasteiger partial charge in [-0.2, -0.15) is 0 Å². The minimum absolute atomic E-state index is 0.0194. The number of aromatic nitrogens is 2. The van der Waals surface area contributed by atoms with Gasteiger partial charge in [-0.3, -0.25) is 9.69 Å². The number of aromatic amines is 1. The number of primary amides is 1. The Labute approximate surface area is 129 Å². The summed E-state index contributed by atoms with van der Waals surface area (Å²) in [6.45, 7) is 4.42. The summed E-state index contributed by atoms with van der Waals surface area (Å²) in [7, 11) is 0. The highest BCUT2D eigenvalue weighted by atomic mass is 16.1. The summed E-state index contributed by atoms with van der Waals surface area (Å²) >= 11 is 0.